The molecule has 2 aromatic heterocycles. The van der Waals surface area contributed by atoms with Crippen molar-refractivity contribution >= 4 is 17.1 Å². The van der Waals surface area contributed by atoms with Crippen molar-refractivity contribution in [3.63, 3.8) is 0 Å². The Hall–Kier alpha value is -4.96. The average Bonchev–Trinajstić information content (AvgIpc) is 3.46. The third-order valence-electron chi connectivity index (χ3n) is 6.64. The summed E-state index contributed by atoms with van der Waals surface area (Å²) in [5.41, 5.74) is 10.9. The monoisotopic (exact) mass is 463 g/mol. The summed E-state index contributed by atoms with van der Waals surface area (Å²) < 4.78 is 5.66. The van der Waals surface area contributed by atoms with Gasteiger partial charge in [0, 0.05) is 34.1 Å². The van der Waals surface area contributed by atoms with E-state index in [0.29, 0.717) is 5.89 Å². The van der Waals surface area contributed by atoms with E-state index in [1.54, 1.807) is 12.5 Å². The fourth-order valence-corrected chi connectivity index (χ4v) is 5.04. The normalized spacial score (nSPS) is 11.8. The van der Waals surface area contributed by atoms with Gasteiger partial charge in [-0.3, -0.25) is 4.98 Å². The smallest absolute Gasteiger partial charge is 0.225 e. The van der Waals surface area contributed by atoms with Crippen molar-refractivity contribution in [2.24, 2.45) is 0 Å². The topological polar surface area (TPSA) is 42.2 Å². The summed E-state index contributed by atoms with van der Waals surface area (Å²) in [4.78, 5) is 11.3. The minimum absolute atomic E-state index is 0.603. The highest BCUT2D eigenvalue weighted by atomic mass is 16.3. The average molecular weight is 464 g/mol. The SMILES string of the molecule is c1ccc(-c2cccc(N3c4ccccc4-c4ccccc4-c4ccc(-c5ncco5)cc43)c2)nc1. The standard InChI is InChI=1S/C32H21N3O/c1-2-11-26-25(10-1)27-12-3-4-14-30(27)35(24-9-7-8-22(20-24)29-13-5-6-17-33-29)31-21-23(15-16-28(26)31)32-34-18-19-36-32/h1-21H. The van der Waals surface area contributed by atoms with Gasteiger partial charge in [0.2, 0.25) is 5.89 Å². The summed E-state index contributed by atoms with van der Waals surface area (Å²) in [5.74, 6) is 0.603. The van der Waals surface area contributed by atoms with Crippen LogP contribution in [0.15, 0.2) is 132 Å². The Morgan fingerprint density at radius 1 is 0.528 bits per heavy atom. The van der Waals surface area contributed by atoms with E-state index in [-0.39, 0.29) is 0 Å². The summed E-state index contributed by atoms with van der Waals surface area (Å²) in [5, 5.41) is 0. The first-order valence-electron chi connectivity index (χ1n) is 11.9. The number of fused-ring (bicyclic) bond motifs is 5. The lowest BCUT2D eigenvalue weighted by Gasteiger charge is -2.28. The van der Waals surface area contributed by atoms with Gasteiger partial charge in [-0.15, -0.1) is 0 Å². The van der Waals surface area contributed by atoms with Gasteiger partial charge in [-0.2, -0.15) is 0 Å². The van der Waals surface area contributed by atoms with E-state index in [0.717, 1.165) is 39.4 Å². The Kier molecular flexibility index (Phi) is 4.74. The molecular weight excluding hydrogens is 442 g/mol. The molecular formula is C32H21N3O. The van der Waals surface area contributed by atoms with Crippen LogP contribution in [-0.4, -0.2) is 9.97 Å². The van der Waals surface area contributed by atoms with Gasteiger partial charge < -0.3 is 9.32 Å². The summed E-state index contributed by atoms with van der Waals surface area (Å²) >= 11 is 0. The van der Waals surface area contributed by atoms with E-state index in [2.05, 4.69) is 106 Å². The van der Waals surface area contributed by atoms with Gasteiger partial charge >= 0.3 is 0 Å². The number of aromatic nitrogens is 2. The Labute approximate surface area is 209 Å². The molecule has 0 bridgehead atoms. The van der Waals surface area contributed by atoms with Crippen molar-refractivity contribution in [2.75, 3.05) is 4.90 Å². The van der Waals surface area contributed by atoms with Crippen LogP contribution in [0.3, 0.4) is 0 Å². The zero-order valence-corrected chi connectivity index (χ0v) is 19.4. The highest BCUT2D eigenvalue weighted by Crippen LogP contribution is 2.51. The Morgan fingerprint density at radius 2 is 1.31 bits per heavy atom. The van der Waals surface area contributed by atoms with E-state index in [1.807, 2.05) is 24.4 Å². The predicted molar refractivity (Wildman–Crippen MR) is 144 cm³/mol. The van der Waals surface area contributed by atoms with Crippen LogP contribution < -0.4 is 4.90 Å². The first kappa shape index (κ1) is 20.4. The highest BCUT2D eigenvalue weighted by molar-refractivity contribution is 6.03. The molecule has 170 valence electrons. The summed E-state index contributed by atoms with van der Waals surface area (Å²) in [7, 11) is 0. The second kappa shape index (κ2) is 8.36. The number of pyridine rings is 1. The van der Waals surface area contributed by atoms with Gasteiger partial charge in [0.15, 0.2) is 0 Å². The number of nitrogens with zero attached hydrogens (tertiary/aromatic N) is 3. The molecule has 0 radical (unpaired) electrons. The van der Waals surface area contributed by atoms with Crippen molar-refractivity contribution in [3.8, 4) is 45.0 Å². The molecule has 0 amide bonds. The summed E-state index contributed by atoms with van der Waals surface area (Å²) in [6.45, 7) is 0. The van der Waals surface area contributed by atoms with Crippen LogP contribution in [-0.2, 0) is 0 Å². The molecule has 3 heterocycles. The fraction of sp³-hybridized carbons (Fsp3) is 0. The second-order valence-corrected chi connectivity index (χ2v) is 8.73. The molecule has 0 atom stereocenters. The number of hydrogen-bond acceptors (Lipinski definition) is 4. The quantitative estimate of drug-likeness (QED) is 0.263. The van der Waals surface area contributed by atoms with Crippen LogP contribution in [0.25, 0.3) is 45.0 Å². The van der Waals surface area contributed by atoms with E-state index < -0.39 is 0 Å². The van der Waals surface area contributed by atoms with Gasteiger partial charge in [-0.1, -0.05) is 66.7 Å². The maximum absolute atomic E-state index is 5.66. The lowest BCUT2D eigenvalue weighted by Crippen LogP contribution is -2.11. The van der Waals surface area contributed by atoms with Crippen molar-refractivity contribution in [1.29, 1.82) is 0 Å². The van der Waals surface area contributed by atoms with E-state index in [9.17, 15) is 0 Å². The molecule has 0 saturated heterocycles. The van der Waals surface area contributed by atoms with Crippen LogP contribution in [0.5, 0.6) is 0 Å². The molecule has 4 heteroatoms. The zero-order chi connectivity index (χ0) is 23.9. The third kappa shape index (κ3) is 3.31. The highest BCUT2D eigenvalue weighted by Gasteiger charge is 2.26. The molecule has 4 aromatic carbocycles. The van der Waals surface area contributed by atoms with Crippen LogP contribution in [0.4, 0.5) is 17.1 Å². The van der Waals surface area contributed by atoms with Gasteiger partial charge in [0.1, 0.15) is 6.26 Å². The Bertz CT molecular complexity index is 1690. The predicted octanol–water partition coefficient (Wildman–Crippen LogP) is 8.52. The first-order chi connectivity index (χ1) is 17.9. The molecule has 0 fully saturated rings. The van der Waals surface area contributed by atoms with Crippen molar-refractivity contribution in [2.45, 2.75) is 0 Å². The number of hydrogen-bond donors (Lipinski definition) is 0. The van der Waals surface area contributed by atoms with Gasteiger partial charge in [0.05, 0.1) is 23.3 Å². The summed E-state index contributed by atoms with van der Waals surface area (Å²) in [6.07, 6.45) is 5.12. The molecule has 0 N–H and O–H groups in total. The lowest BCUT2D eigenvalue weighted by molar-refractivity contribution is 0.574. The maximum atomic E-state index is 5.66. The number of benzene rings is 4. The molecule has 0 aliphatic carbocycles. The molecule has 0 spiro atoms. The molecule has 6 aromatic rings. The fourth-order valence-electron chi connectivity index (χ4n) is 5.04. The van der Waals surface area contributed by atoms with E-state index in [1.165, 1.54) is 16.7 Å². The van der Waals surface area contributed by atoms with Crippen molar-refractivity contribution in [1.82, 2.24) is 9.97 Å². The molecule has 1 aliphatic rings. The number of rotatable bonds is 3. The van der Waals surface area contributed by atoms with E-state index >= 15 is 0 Å². The Morgan fingerprint density at radius 3 is 2.08 bits per heavy atom. The van der Waals surface area contributed by atoms with Crippen LogP contribution in [0, 0.1) is 0 Å². The van der Waals surface area contributed by atoms with Crippen LogP contribution >= 0.6 is 0 Å². The van der Waals surface area contributed by atoms with Gasteiger partial charge in [-0.05, 0) is 53.6 Å². The molecule has 0 unspecified atom stereocenters. The summed E-state index contributed by atoms with van der Waals surface area (Å²) in [6, 6.07) is 38.2. The van der Waals surface area contributed by atoms with Crippen molar-refractivity contribution in [3.05, 3.63) is 128 Å². The number of oxazole rings is 1. The third-order valence-corrected chi connectivity index (χ3v) is 6.64. The van der Waals surface area contributed by atoms with Gasteiger partial charge in [-0.25, -0.2) is 4.98 Å². The molecule has 7 rings (SSSR count). The zero-order valence-electron chi connectivity index (χ0n) is 19.4. The number of para-hydroxylation sites is 1. The second-order valence-electron chi connectivity index (χ2n) is 8.73. The lowest BCUT2D eigenvalue weighted by atomic mass is 9.94. The van der Waals surface area contributed by atoms with Crippen LogP contribution in [0.1, 0.15) is 0 Å². The molecule has 0 saturated carbocycles. The Balaban J connectivity index is 1.53. The van der Waals surface area contributed by atoms with E-state index in [4.69, 9.17) is 4.42 Å². The van der Waals surface area contributed by atoms with Gasteiger partial charge in [0.25, 0.3) is 0 Å². The first-order valence-corrected chi connectivity index (χ1v) is 11.9. The molecule has 1 aliphatic heterocycles. The molecule has 4 nitrogen and oxygen atoms in total. The maximum Gasteiger partial charge on any atom is 0.225 e. The van der Waals surface area contributed by atoms with Crippen LogP contribution in [0.2, 0.25) is 0 Å². The largest absolute Gasteiger partial charge is 0.445 e. The minimum atomic E-state index is 0.603. The number of anilines is 3. The molecule has 36 heavy (non-hydrogen) atoms. The van der Waals surface area contributed by atoms with Crippen molar-refractivity contribution < 1.29 is 4.42 Å². The minimum Gasteiger partial charge on any atom is -0.445 e.